The van der Waals surface area contributed by atoms with E-state index in [2.05, 4.69) is 25.6 Å². The number of piperidine rings is 1. The minimum Gasteiger partial charge on any atom is -0.484 e. The second-order valence-electron chi connectivity index (χ2n) is 9.96. The number of imidazole rings is 1. The molecule has 2 saturated heterocycles. The van der Waals surface area contributed by atoms with Crippen molar-refractivity contribution in [3.63, 3.8) is 0 Å². The van der Waals surface area contributed by atoms with Crippen molar-refractivity contribution >= 4 is 16.9 Å². The molecule has 240 valence electrons. The van der Waals surface area contributed by atoms with E-state index in [1.54, 1.807) is 17.6 Å². The van der Waals surface area contributed by atoms with E-state index < -0.39 is 11.7 Å². The molecule has 2 fully saturated rings. The molecule has 1 amide bonds. The van der Waals surface area contributed by atoms with Gasteiger partial charge in [-0.15, -0.1) is 0 Å². The highest BCUT2D eigenvalue weighted by Crippen LogP contribution is 2.20. The van der Waals surface area contributed by atoms with Crippen LogP contribution < -0.4 is 21.5 Å². The zero-order valence-electron chi connectivity index (χ0n) is 25.5. The number of hydrogen-bond acceptors (Lipinski definition) is 10. The molecule has 0 atom stereocenters. The summed E-state index contributed by atoms with van der Waals surface area (Å²) in [5.74, 6) is 0.565. The Labute approximate surface area is 260 Å². The van der Waals surface area contributed by atoms with Crippen LogP contribution in [0.4, 0.5) is 4.39 Å². The van der Waals surface area contributed by atoms with Crippen LogP contribution in [0.1, 0.15) is 53.3 Å². The lowest BCUT2D eigenvalue weighted by molar-refractivity contribution is 0.0367. The van der Waals surface area contributed by atoms with Crippen LogP contribution in [0.2, 0.25) is 0 Å². The van der Waals surface area contributed by atoms with Crippen molar-refractivity contribution in [1.82, 2.24) is 29.9 Å². The maximum absolute atomic E-state index is 12.9. The van der Waals surface area contributed by atoms with Crippen molar-refractivity contribution in [2.45, 2.75) is 38.8 Å². The Kier molecular flexibility index (Phi) is 14.1. The van der Waals surface area contributed by atoms with Crippen molar-refractivity contribution in [1.29, 1.82) is 5.26 Å². The molecule has 0 bridgehead atoms. The number of carbonyl (C=O) groups is 1. The number of H-pyrrole nitrogens is 1. The second-order valence-corrected chi connectivity index (χ2v) is 9.96. The molecule has 6 rings (SSSR count). The van der Waals surface area contributed by atoms with Crippen LogP contribution in [0, 0.1) is 17.1 Å². The first kappa shape index (κ1) is 34.8. The molecule has 2 aliphatic rings. The molecule has 0 saturated carbocycles. The van der Waals surface area contributed by atoms with Crippen molar-refractivity contribution in [3.05, 3.63) is 87.6 Å². The van der Waals surface area contributed by atoms with Crippen LogP contribution in [-0.2, 0) is 24.9 Å². The summed E-state index contributed by atoms with van der Waals surface area (Å²) < 4.78 is 24.9. The smallest absolute Gasteiger partial charge is 0.274 e. The van der Waals surface area contributed by atoms with E-state index in [4.69, 9.17) is 19.9 Å². The third kappa shape index (κ3) is 10.5. The molecular formula is C31H39FN8O5. The molecule has 13 nitrogen and oxygen atoms in total. The van der Waals surface area contributed by atoms with Crippen molar-refractivity contribution < 1.29 is 23.9 Å². The van der Waals surface area contributed by atoms with E-state index in [0.717, 1.165) is 55.8 Å². The summed E-state index contributed by atoms with van der Waals surface area (Å²) in [4.78, 5) is 36.0. The number of ether oxygens (including phenoxy) is 2. The second kappa shape index (κ2) is 18.2. The summed E-state index contributed by atoms with van der Waals surface area (Å²) in [6.45, 7) is 5.09. The van der Waals surface area contributed by atoms with Gasteiger partial charge in [0.25, 0.3) is 11.5 Å². The van der Waals surface area contributed by atoms with E-state index in [9.17, 15) is 14.0 Å². The number of carbonyl (C=O) groups excluding carboxylic acids is 1. The van der Waals surface area contributed by atoms with Crippen LogP contribution in [0.5, 0.6) is 5.75 Å². The fourth-order valence-corrected chi connectivity index (χ4v) is 4.39. The van der Waals surface area contributed by atoms with Gasteiger partial charge in [-0.3, -0.25) is 19.7 Å². The number of hydrogen-bond donors (Lipinski definition) is 4. The first-order chi connectivity index (χ1) is 21.9. The van der Waals surface area contributed by atoms with Gasteiger partial charge in [0.05, 0.1) is 23.1 Å². The van der Waals surface area contributed by atoms with Gasteiger partial charge in [-0.1, -0.05) is 6.42 Å². The minimum absolute atomic E-state index is 0.00358. The minimum atomic E-state index is -0.509. The van der Waals surface area contributed by atoms with Gasteiger partial charge in [0, 0.05) is 38.1 Å². The number of nitriles is 1. The van der Waals surface area contributed by atoms with Crippen molar-refractivity contribution in [2.75, 3.05) is 33.4 Å². The van der Waals surface area contributed by atoms with Crippen molar-refractivity contribution in [2.24, 2.45) is 12.8 Å². The van der Waals surface area contributed by atoms with Gasteiger partial charge in [0.15, 0.2) is 0 Å². The normalized spacial score (nSPS) is 13.8. The number of aryl methyl sites for hydroxylation is 1. The van der Waals surface area contributed by atoms with Gasteiger partial charge in [-0.2, -0.15) is 5.26 Å². The highest BCUT2D eigenvalue weighted by molar-refractivity contribution is 5.96. The molecule has 5 N–H and O–H groups in total. The summed E-state index contributed by atoms with van der Waals surface area (Å²) in [7, 11) is 3.47. The van der Waals surface area contributed by atoms with E-state index >= 15 is 0 Å². The summed E-state index contributed by atoms with van der Waals surface area (Å²) in [5.41, 5.74) is 8.17. The molecule has 2 aliphatic heterocycles. The average Bonchev–Trinajstić information content (AvgIpc) is 3.34. The van der Waals surface area contributed by atoms with Crippen LogP contribution in [0.3, 0.4) is 0 Å². The van der Waals surface area contributed by atoms with Gasteiger partial charge in [0.2, 0.25) is 0 Å². The maximum atomic E-state index is 12.9. The summed E-state index contributed by atoms with van der Waals surface area (Å²) in [6.07, 6.45) is 6.46. The van der Waals surface area contributed by atoms with Crippen LogP contribution in [0.15, 0.2) is 53.5 Å². The molecule has 0 spiro atoms. The molecule has 4 aromatic rings. The third-order valence-corrected chi connectivity index (χ3v) is 6.88. The molecule has 2 aromatic carbocycles. The number of fused-ring (bicyclic) bond motifs is 1. The Hall–Kier alpha value is -4.68. The summed E-state index contributed by atoms with van der Waals surface area (Å²) in [6, 6.07) is 12.0. The largest absolute Gasteiger partial charge is 0.484 e. The zero-order chi connectivity index (χ0) is 32.6. The molecular weight excluding hydrogens is 583 g/mol. The Morgan fingerprint density at radius 2 is 1.87 bits per heavy atom. The van der Waals surface area contributed by atoms with E-state index in [-0.39, 0.29) is 23.5 Å². The van der Waals surface area contributed by atoms with Crippen molar-refractivity contribution in [3.8, 4) is 11.8 Å². The number of halogens is 1. The lowest BCUT2D eigenvalue weighted by Crippen LogP contribution is -2.30. The first-order valence-electron chi connectivity index (χ1n) is 14.5. The highest BCUT2D eigenvalue weighted by atomic mass is 19.1. The number of hydroxylamine groups is 1. The van der Waals surface area contributed by atoms with Crippen LogP contribution >= 0.6 is 0 Å². The van der Waals surface area contributed by atoms with Gasteiger partial charge in [-0.05, 0) is 75.8 Å². The van der Waals surface area contributed by atoms with Gasteiger partial charge in [-0.25, -0.2) is 19.8 Å². The number of likely N-dealkylation sites (tertiary alicyclic amines) is 1. The first-order valence-corrected chi connectivity index (χ1v) is 14.5. The Bertz CT molecular complexity index is 1620. The zero-order valence-corrected chi connectivity index (χ0v) is 25.5. The fraction of sp³-hybridized carbons (Fsp3) is 0.387. The van der Waals surface area contributed by atoms with E-state index in [1.807, 2.05) is 23.8 Å². The van der Waals surface area contributed by atoms with E-state index in [1.165, 1.54) is 57.1 Å². The number of nitrogens with one attached hydrogen (secondary N) is 2. The molecule has 0 aliphatic carbocycles. The predicted octanol–water partition coefficient (Wildman–Crippen LogP) is 3.02. The number of amides is 1. The van der Waals surface area contributed by atoms with Gasteiger partial charge >= 0.3 is 0 Å². The van der Waals surface area contributed by atoms with Crippen LogP contribution in [0.25, 0.3) is 11.0 Å². The molecule has 2 aromatic heterocycles. The number of nitrogens with zero attached hydrogens (tertiary/aromatic N) is 5. The number of nitrogens with two attached hydrogens (primary N) is 1. The lowest BCUT2D eigenvalue weighted by Gasteiger charge is -2.25. The quantitative estimate of drug-likeness (QED) is 0.184. The number of aromatic nitrogens is 4. The Balaban J connectivity index is 0.000000209. The third-order valence-electron chi connectivity index (χ3n) is 6.88. The lowest BCUT2D eigenvalue weighted by atomic mass is 10.1. The molecule has 14 heteroatoms. The summed E-state index contributed by atoms with van der Waals surface area (Å²) >= 11 is 0. The highest BCUT2D eigenvalue weighted by Gasteiger charge is 2.16. The summed E-state index contributed by atoms with van der Waals surface area (Å²) in [5, 5.41) is 17.5. The molecule has 0 radical (unpaired) electrons. The number of aromatic amines is 1. The average molecular weight is 623 g/mol. The topological polar surface area (TPSA) is 184 Å². The molecule has 0 unspecified atom stereocenters. The standard InChI is InChI=1S/C15H20N4O2.C12H8FN3O2.C3H6O.CH5N/c1-18-13-9-11(15(20)17-21)5-6-12(13)16-14(18)10-19-7-3-2-4-8-19;13-9-1-2-10(8(5-9)6-14)18-7-11-15-4-3-12(17)16-11;1-2-4-3-1;1-2/h5-6,9,21H,2-4,7-8,10H2,1H3,(H,17,20);1-5H,7H2,(H,15,16,17);1-3H2;2H2,1H3. The monoisotopic (exact) mass is 622 g/mol. The van der Waals surface area contributed by atoms with E-state index in [0.29, 0.717) is 11.4 Å². The number of benzene rings is 2. The molecule has 4 heterocycles. The molecule has 45 heavy (non-hydrogen) atoms. The number of rotatable bonds is 6. The fourth-order valence-electron chi connectivity index (χ4n) is 4.39. The Morgan fingerprint density at radius 1 is 1.16 bits per heavy atom. The van der Waals surface area contributed by atoms with Gasteiger partial charge in [0.1, 0.15) is 35.9 Å². The van der Waals surface area contributed by atoms with Crippen LogP contribution in [-0.4, -0.2) is 68.9 Å². The SMILES string of the molecule is C1COC1.CN.Cn1c(CN2CCCCC2)nc2ccc(C(=O)NO)cc21.N#Cc1cc(F)ccc1OCc1nccc(=O)[nH]1. The Morgan fingerprint density at radius 3 is 2.49 bits per heavy atom. The van der Waals surface area contributed by atoms with Gasteiger partial charge < -0.3 is 24.8 Å². The maximum Gasteiger partial charge on any atom is 0.274 e. The predicted molar refractivity (Wildman–Crippen MR) is 165 cm³/mol.